The van der Waals surface area contributed by atoms with Crippen LogP contribution < -0.4 is 5.32 Å². The number of ketones is 1. The van der Waals surface area contributed by atoms with Gasteiger partial charge < -0.3 is 5.32 Å². The molecule has 3 nitrogen and oxygen atoms in total. The van der Waals surface area contributed by atoms with Crippen LogP contribution in [-0.4, -0.2) is 17.8 Å². The van der Waals surface area contributed by atoms with E-state index in [2.05, 4.69) is 17.2 Å². The van der Waals surface area contributed by atoms with Crippen molar-refractivity contribution < 1.29 is 4.79 Å². The lowest BCUT2D eigenvalue weighted by Crippen LogP contribution is -2.05. The molecule has 1 aromatic heterocycles. The van der Waals surface area contributed by atoms with Crippen LogP contribution in [0.2, 0.25) is 0 Å². The van der Waals surface area contributed by atoms with E-state index >= 15 is 0 Å². The SMILES string of the molecule is CCCCC(=O)c1cccnc1NC. The first-order valence-corrected chi connectivity index (χ1v) is 4.95. The maximum atomic E-state index is 11.7. The minimum Gasteiger partial charge on any atom is -0.373 e. The number of carbonyl (C=O) groups is 1. The second-order valence-corrected chi connectivity index (χ2v) is 3.18. The minimum absolute atomic E-state index is 0.171. The molecule has 0 spiro atoms. The molecular weight excluding hydrogens is 176 g/mol. The van der Waals surface area contributed by atoms with Crippen LogP contribution in [0.4, 0.5) is 5.82 Å². The van der Waals surface area contributed by atoms with E-state index in [1.165, 1.54) is 0 Å². The molecule has 14 heavy (non-hydrogen) atoms. The van der Waals surface area contributed by atoms with Gasteiger partial charge >= 0.3 is 0 Å². The molecule has 0 aliphatic heterocycles. The number of hydrogen-bond acceptors (Lipinski definition) is 3. The monoisotopic (exact) mass is 192 g/mol. The number of hydrogen-bond donors (Lipinski definition) is 1. The van der Waals surface area contributed by atoms with E-state index in [9.17, 15) is 4.79 Å². The quantitative estimate of drug-likeness (QED) is 0.729. The normalized spacial score (nSPS) is 9.86. The van der Waals surface area contributed by atoms with Crippen LogP contribution >= 0.6 is 0 Å². The van der Waals surface area contributed by atoms with Gasteiger partial charge in [-0.2, -0.15) is 0 Å². The average Bonchev–Trinajstić information content (AvgIpc) is 2.25. The zero-order valence-electron chi connectivity index (χ0n) is 8.71. The smallest absolute Gasteiger partial charge is 0.166 e. The first-order chi connectivity index (χ1) is 6.79. The van der Waals surface area contributed by atoms with Gasteiger partial charge in [0.2, 0.25) is 0 Å². The van der Waals surface area contributed by atoms with Crippen LogP contribution in [0, 0.1) is 0 Å². The number of carbonyl (C=O) groups excluding carboxylic acids is 1. The number of rotatable bonds is 5. The van der Waals surface area contributed by atoms with E-state index in [0.717, 1.165) is 12.8 Å². The third-order valence-corrected chi connectivity index (χ3v) is 2.10. The molecule has 1 N–H and O–H groups in total. The highest BCUT2D eigenvalue weighted by molar-refractivity contribution is 6.00. The Morgan fingerprint density at radius 1 is 1.57 bits per heavy atom. The van der Waals surface area contributed by atoms with Gasteiger partial charge in [-0.3, -0.25) is 4.79 Å². The van der Waals surface area contributed by atoms with Crippen LogP contribution in [-0.2, 0) is 0 Å². The van der Waals surface area contributed by atoms with Crippen LogP contribution in [0.3, 0.4) is 0 Å². The largest absolute Gasteiger partial charge is 0.373 e. The van der Waals surface area contributed by atoms with E-state index < -0.39 is 0 Å². The number of nitrogens with one attached hydrogen (secondary N) is 1. The predicted molar refractivity (Wildman–Crippen MR) is 57.6 cm³/mol. The second-order valence-electron chi connectivity index (χ2n) is 3.18. The van der Waals surface area contributed by atoms with Crippen molar-refractivity contribution in [3.05, 3.63) is 23.9 Å². The van der Waals surface area contributed by atoms with Crippen molar-refractivity contribution in [1.82, 2.24) is 4.98 Å². The molecule has 0 radical (unpaired) electrons. The van der Waals surface area contributed by atoms with Gasteiger partial charge in [0.05, 0.1) is 5.56 Å². The van der Waals surface area contributed by atoms with Crippen molar-refractivity contribution in [3.8, 4) is 0 Å². The molecule has 1 heterocycles. The van der Waals surface area contributed by atoms with Gasteiger partial charge in [0, 0.05) is 19.7 Å². The van der Waals surface area contributed by atoms with Crippen molar-refractivity contribution in [2.75, 3.05) is 12.4 Å². The summed E-state index contributed by atoms with van der Waals surface area (Å²) < 4.78 is 0. The summed E-state index contributed by atoms with van der Waals surface area (Å²) >= 11 is 0. The summed E-state index contributed by atoms with van der Waals surface area (Å²) in [4.78, 5) is 15.8. The average molecular weight is 192 g/mol. The minimum atomic E-state index is 0.171. The van der Waals surface area contributed by atoms with Gasteiger partial charge in [-0.15, -0.1) is 0 Å². The molecule has 3 heteroatoms. The summed E-state index contributed by atoms with van der Waals surface area (Å²) in [5.74, 6) is 0.845. The Morgan fingerprint density at radius 3 is 3.00 bits per heavy atom. The number of anilines is 1. The maximum absolute atomic E-state index is 11.7. The fourth-order valence-corrected chi connectivity index (χ4v) is 1.30. The number of Topliss-reactive ketones (excluding diaryl/α,β-unsaturated/α-hetero) is 1. The Morgan fingerprint density at radius 2 is 2.36 bits per heavy atom. The third kappa shape index (κ3) is 2.55. The van der Waals surface area contributed by atoms with Crippen LogP contribution in [0.25, 0.3) is 0 Å². The lowest BCUT2D eigenvalue weighted by Gasteiger charge is -2.05. The maximum Gasteiger partial charge on any atom is 0.166 e. The van der Waals surface area contributed by atoms with Gasteiger partial charge in [0.25, 0.3) is 0 Å². The Balaban J connectivity index is 2.78. The zero-order chi connectivity index (χ0) is 10.4. The van der Waals surface area contributed by atoms with Crippen molar-refractivity contribution in [2.45, 2.75) is 26.2 Å². The van der Waals surface area contributed by atoms with Gasteiger partial charge in [-0.05, 0) is 18.6 Å². The van der Waals surface area contributed by atoms with Gasteiger partial charge in [0.1, 0.15) is 5.82 Å². The first-order valence-electron chi connectivity index (χ1n) is 4.95. The highest BCUT2D eigenvalue weighted by atomic mass is 16.1. The fourth-order valence-electron chi connectivity index (χ4n) is 1.30. The van der Waals surface area contributed by atoms with Gasteiger partial charge in [0.15, 0.2) is 5.78 Å². The molecule has 1 aromatic rings. The van der Waals surface area contributed by atoms with Crippen molar-refractivity contribution in [3.63, 3.8) is 0 Å². The summed E-state index contributed by atoms with van der Waals surface area (Å²) in [5, 5.41) is 2.92. The Kier molecular flexibility index (Phi) is 4.11. The molecule has 0 unspecified atom stereocenters. The van der Waals surface area contributed by atoms with Crippen LogP contribution in [0.1, 0.15) is 36.5 Å². The van der Waals surface area contributed by atoms with Gasteiger partial charge in [-0.25, -0.2) is 4.98 Å². The van der Waals surface area contributed by atoms with Crippen LogP contribution in [0.15, 0.2) is 18.3 Å². The van der Waals surface area contributed by atoms with E-state index in [1.54, 1.807) is 19.3 Å². The van der Waals surface area contributed by atoms with Crippen molar-refractivity contribution in [1.29, 1.82) is 0 Å². The molecule has 0 aromatic carbocycles. The van der Waals surface area contributed by atoms with Crippen LogP contribution in [0.5, 0.6) is 0 Å². The molecule has 0 amide bonds. The Hall–Kier alpha value is -1.38. The molecule has 0 bridgehead atoms. The highest BCUT2D eigenvalue weighted by Crippen LogP contribution is 2.14. The number of aromatic nitrogens is 1. The third-order valence-electron chi connectivity index (χ3n) is 2.10. The van der Waals surface area contributed by atoms with Crippen molar-refractivity contribution in [2.24, 2.45) is 0 Å². The van der Waals surface area contributed by atoms with Gasteiger partial charge in [-0.1, -0.05) is 13.3 Å². The Labute approximate surface area is 84.6 Å². The Bertz CT molecular complexity index is 310. The predicted octanol–water partition coefficient (Wildman–Crippen LogP) is 2.50. The summed E-state index contributed by atoms with van der Waals surface area (Å²) in [6.07, 6.45) is 4.27. The number of unbranched alkanes of at least 4 members (excludes halogenated alkanes) is 1. The molecule has 0 atom stereocenters. The van der Waals surface area contributed by atoms with E-state index in [0.29, 0.717) is 17.8 Å². The molecule has 0 saturated heterocycles. The number of pyridine rings is 1. The molecule has 76 valence electrons. The summed E-state index contributed by atoms with van der Waals surface area (Å²) in [6.45, 7) is 2.08. The summed E-state index contributed by atoms with van der Waals surface area (Å²) in [6, 6.07) is 3.61. The number of nitrogens with zero attached hydrogens (tertiary/aromatic N) is 1. The topological polar surface area (TPSA) is 42.0 Å². The van der Waals surface area contributed by atoms with E-state index in [1.807, 2.05) is 6.07 Å². The molecule has 0 aliphatic rings. The molecule has 1 rings (SSSR count). The lowest BCUT2D eigenvalue weighted by atomic mass is 10.1. The highest BCUT2D eigenvalue weighted by Gasteiger charge is 2.09. The van der Waals surface area contributed by atoms with Crippen molar-refractivity contribution >= 4 is 11.6 Å². The molecule has 0 fully saturated rings. The molecule has 0 aliphatic carbocycles. The summed E-state index contributed by atoms with van der Waals surface area (Å²) in [5.41, 5.74) is 0.698. The van der Waals surface area contributed by atoms with E-state index in [4.69, 9.17) is 0 Å². The second kappa shape index (κ2) is 5.37. The lowest BCUT2D eigenvalue weighted by molar-refractivity contribution is 0.0980. The van der Waals surface area contributed by atoms with E-state index in [-0.39, 0.29) is 5.78 Å². The zero-order valence-corrected chi connectivity index (χ0v) is 8.71. The fraction of sp³-hybridized carbons (Fsp3) is 0.455. The summed E-state index contributed by atoms with van der Waals surface area (Å²) in [7, 11) is 1.78. The first kappa shape index (κ1) is 10.7. The molecular formula is C11H16N2O. The standard InChI is InChI=1S/C11H16N2O/c1-3-4-7-10(14)9-6-5-8-13-11(9)12-2/h5-6,8H,3-4,7H2,1-2H3,(H,12,13). The molecule has 0 saturated carbocycles.